The Bertz CT molecular complexity index is 536. The average Bonchev–Trinajstić information content (AvgIpc) is 2.61. The van der Waals surface area contributed by atoms with Crippen LogP contribution < -0.4 is 5.43 Å². The van der Waals surface area contributed by atoms with Crippen LogP contribution in [0.3, 0.4) is 0 Å². The van der Waals surface area contributed by atoms with Crippen LogP contribution in [0.2, 0.25) is 0 Å². The first-order valence-corrected chi connectivity index (χ1v) is 5.61. The zero-order chi connectivity index (χ0) is 12.4. The minimum atomic E-state index is -0.0782. The summed E-state index contributed by atoms with van der Waals surface area (Å²) in [5.74, 6) is -0.0782. The van der Waals surface area contributed by atoms with Gasteiger partial charge >= 0.3 is 0 Å². The monoisotopic (exact) mass is 228 g/mol. The van der Waals surface area contributed by atoms with Gasteiger partial charge < -0.3 is 0 Å². The number of carbonyl (C=O) groups is 1. The fraction of sp³-hybridized carbons (Fsp3) is 0.214. The van der Waals surface area contributed by atoms with Gasteiger partial charge in [-0.2, -0.15) is 0 Å². The summed E-state index contributed by atoms with van der Waals surface area (Å²) in [4.78, 5) is 12.1. The van der Waals surface area contributed by atoms with Gasteiger partial charge in [-0.15, -0.1) is 0 Å². The van der Waals surface area contributed by atoms with Crippen LogP contribution in [-0.2, 0) is 0 Å². The molecule has 1 heterocycles. The Morgan fingerprint density at radius 2 is 1.59 bits per heavy atom. The molecule has 1 aromatic heterocycles. The highest BCUT2D eigenvalue weighted by Crippen LogP contribution is 2.09. The van der Waals surface area contributed by atoms with E-state index < -0.39 is 0 Å². The fourth-order valence-electron chi connectivity index (χ4n) is 1.83. The van der Waals surface area contributed by atoms with E-state index in [1.165, 1.54) is 0 Å². The minimum absolute atomic E-state index is 0.0782. The van der Waals surface area contributed by atoms with Crippen LogP contribution in [0.4, 0.5) is 0 Å². The minimum Gasteiger partial charge on any atom is -0.267 e. The molecule has 1 N–H and O–H groups in total. The van der Waals surface area contributed by atoms with Crippen LogP contribution in [0.25, 0.3) is 0 Å². The van der Waals surface area contributed by atoms with E-state index in [4.69, 9.17) is 0 Å². The third-order valence-electron chi connectivity index (χ3n) is 2.87. The lowest BCUT2D eigenvalue weighted by Crippen LogP contribution is -2.25. The molecular formula is C14H16N2O. The van der Waals surface area contributed by atoms with E-state index in [1.807, 2.05) is 57.2 Å². The van der Waals surface area contributed by atoms with Crippen molar-refractivity contribution in [2.75, 3.05) is 5.43 Å². The molecule has 1 amide bonds. The van der Waals surface area contributed by atoms with Crippen LogP contribution in [0.5, 0.6) is 0 Å². The van der Waals surface area contributed by atoms with Gasteiger partial charge in [0, 0.05) is 17.0 Å². The molecule has 0 atom stereocenters. The summed E-state index contributed by atoms with van der Waals surface area (Å²) < 4.78 is 1.80. The number of rotatable bonds is 2. The first-order valence-electron chi connectivity index (χ1n) is 5.61. The Morgan fingerprint density at radius 1 is 1.00 bits per heavy atom. The topological polar surface area (TPSA) is 34.0 Å². The maximum absolute atomic E-state index is 12.1. The quantitative estimate of drug-likeness (QED) is 0.842. The van der Waals surface area contributed by atoms with Gasteiger partial charge in [0.15, 0.2) is 0 Å². The summed E-state index contributed by atoms with van der Waals surface area (Å²) in [7, 11) is 0. The highest BCUT2D eigenvalue weighted by molar-refractivity contribution is 6.01. The van der Waals surface area contributed by atoms with Crippen molar-refractivity contribution in [3.63, 3.8) is 0 Å². The SMILES string of the molecule is Cc1ccccc1C(=O)Nn1c(C)ccc1C. The van der Waals surface area contributed by atoms with Crippen LogP contribution >= 0.6 is 0 Å². The van der Waals surface area contributed by atoms with E-state index in [2.05, 4.69) is 5.43 Å². The largest absolute Gasteiger partial charge is 0.270 e. The van der Waals surface area contributed by atoms with Crippen molar-refractivity contribution in [1.29, 1.82) is 0 Å². The second kappa shape index (κ2) is 4.45. The summed E-state index contributed by atoms with van der Waals surface area (Å²) in [6, 6.07) is 11.5. The van der Waals surface area contributed by atoms with Crippen molar-refractivity contribution in [3.8, 4) is 0 Å². The van der Waals surface area contributed by atoms with Gasteiger partial charge in [0.05, 0.1) is 0 Å². The number of hydrogen-bond donors (Lipinski definition) is 1. The Kier molecular flexibility index (Phi) is 3.00. The average molecular weight is 228 g/mol. The van der Waals surface area contributed by atoms with Gasteiger partial charge in [0.1, 0.15) is 0 Å². The Hall–Kier alpha value is -2.03. The summed E-state index contributed by atoms with van der Waals surface area (Å²) in [5, 5.41) is 0. The maximum Gasteiger partial charge on any atom is 0.270 e. The van der Waals surface area contributed by atoms with Gasteiger partial charge in [-0.05, 0) is 44.5 Å². The summed E-state index contributed by atoms with van der Waals surface area (Å²) in [6.45, 7) is 5.86. The number of nitrogens with one attached hydrogen (secondary N) is 1. The molecule has 0 radical (unpaired) electrons. The van der Waals surface area contributed by atoms with Crippen LogP contribution in [0.15, 0.2) is 36.4 Å². The molecule has 0 saturated heterocycles. The molecule has 2 rings (SSSR count). The van der Waals surface area contributed by atoms with Crippen molar-refractivity contribution < 1.29 is 4.79 Å². The molecule has 0 fully saturated rings. The lowest BCUT2D eigenvalue weighted by Gasteiger charge is -2.12. The van der Waals surface area contributed by atoms with Crippen molar-refractivity contribution in [2.24, 2.45) is 0 Å². The van der Waals surface area contributed by atoms with Gasteiger partial charge in [0.2, 0.25) is 0 Å². The first-order chi connectivity index (χ1) is 8.09. The van der Waals surface area contributed by atoms with E-state index in [1.54, 1.807) is 4.68 Å². The summed E-state index contributed by atoms with van der Waals surface area (Å²) in [6.07, 6.45) is 0. The lowest BCUT2D eigenvalue weighted by atomic mass is 10.1. The van der Waals surface area contributed by atoms with Crippen molar-refractivity contribution in [3.05, 3.63) is 58.9 Å². The molecule has 17 heavy (non-hydrogen) atoms. The van der Waals surface area contributed by atoms with Gasteiger partial charge in [-0.3, -0.25) is 14.9 Å². The smallest absolute Gasteiger partial charge is 0.267 e. The highest BCUT2D eigenvalue weighted by Gasteiger charge is 2.10. The van der Waals surface area contributed by atoms with Crippen molar-refractivity contribution in [2.45, 2.75) is 20.8 Å². The van der Waals surface area contributed by atoms with E-state index in [0.29, 0.717) is 5.56 Å². The zero-order valence-electron chi connectivity index (χ0n) is 10.3. The Morgan fingerprint density at radius 3 is 2.18 bits per heavy atom. The molecule has 1 aromatic carbocycles. The molecule has 0 spiro atoms. The summed E-state index contributed by atoms with van der Waals surface area (Å²) >= 11 is 0. The Labute approximate surface area is 101 Å². The van der Waals surface area contributed by atoms with E-state index in [-0.39, 0.29) is 5.91 Å². The van der Waals surface area contributed by atoms with Gasteiger partial charge in [-0.25, -0.2) is 0 Å². The lowest BCUT2D eigenvalue weighted by molar-refractivity contribution is 0.101. The molecule has 0 aliphatic heterocycles. The number of hydrogen-bond acceptors (Lipinski definition) is 1. The summed E-state index contributed by atoms with van der Waals surface area (Å²) in [5.41, 5.74) is 6.62. The second-order valence-electron chi connectivity index (χ2n) is 4.21. The molecule has 3 heteroatoms. The van der Waals surface area contributed by atoms with Gasteiger partial charge in [-0.1, -0.05) is 18.2 Å². The van der Waals surface area contributed by atoms with E-state index in [0.717, 1.165) is 17.0 Å². The number of amides is 1. The molecule has 2 aromatic rings. The van der Waals surface area contributed by atoms with Crippen LogP contribution in [-0.4, -0.2) is 10.6 Å². The third-order valence-corrected chi connectivity index (χ3v) is 2.87. The predicted octanol–water partition coefficient (Wildman–Crippen LogP) is 2.80. The molecular weight excluding hydrogens is 212 g/mol. The standard InChI is InChI=1S/C14H16N2O/c1-10-6-4-5-7-13(10)14(17)15-16-11(2)8-9-12(16)3/h4-9H,1-3H3,(H,15,17). The fourth-order valence-corrected chi connectivity index (χ4v) is 1.83. The number of aromatic nitrogens is 1. The van der Waals surface area contributed by atoms with Crippen molar-refractivity contribution in [1.82, 2.24) is 4.68 Å². The number of aryl methyl sites for hydroxylation is 3. The third kappa shape index (κ3) is 2.23. The first kappa shape index (κ1) is 11.5. The molecule has 0 bridgehead atoms. The Balaban J connectivity index is 2.27. The number of nitrogens with zero attached hydrogens (tertiary/aromatic N) is 1. The zero-order valence-corrected chi connectivity index (χ0v) is 10.3. The highest BCUT2D eigenvalue weighted by atomic mass is 16.2. The van der Waals surface area contributed by atoms with E-state index >= 15 is 0 Å². The van der Waals surface area contributed by atoms with Gasteiger partial charge in [0.25, 0.3) is 5.91 Å². The molecule has 88 valence electrons. The van der Waals surface area contributed by atoms with Crippen molar-refractivity contribution >= 4 is 5.91 Å². The number of benzene rings is 1. The maximum atomic E-state index is 12.1. The molecule has 0 saturated carbocycles. The van der Waals surface area contributed by atoms with Crippen LogP contribution in [0.1, 0.15) is 27.3 Å². The molecule has 0 aliphatic carbocycles. The number of carbonyl (C=O) groups excluding carboxylic acids is 1. The van der Waals surface area contributed by atoms with Crippen LogP contribution in [0, 0.1) is 20.8 Å². The normalized spacial score (nSPS) is 10.3. The molecule has 0 unspecified atom stereocenters. The molecule has 0 aliphatic rings. The van der Waals surface area contributed by atoms with E-state index in [9.17, 15) is 4.79 Å². The molecule has 3 nitrogen and oxygen atoms in total. The predicted molar refractivity (Wildman–Crippen MR) is 68.8 cm³/mol. The second-order valence-corrected chi connectivity index (χ2v) is 4.21.